The Labute approximate surface area is 202 Å². The van der Waals surface area contributed by atoms with Crippen LogP contribution in [0, 0.1) is 0 Å². The van der Waals surface area contributed by atoms with Crippen molar-refractivity contribution in [3.8, 4) is 28.4 Å². The highest BCUT2D eigenvalue weighted by Crippen LogP contribution is 2.39. The molecule has 35 heavy (non-hydrogen) atoms. The predicted octanol–water partition coefficient (Wildman–Crippen LogP) is 3.20. The molecule has 0 saturated carbocycles. The maximum atomic E-state index is 12.9. The zero-order chi connectivity index (χ0) is 23.5. The van der Waals surface area contributed by atoms with E-state index in [0.717, 1.165) is 78.3 Å². The summed E-state index contributed by atoms with van der Waals surface area (Å²) < 4.78 is 7.78. The highest BCUT2D eigenvalue weighted by Gasteiger charge is 2.28. The van der Waals surface area contributed by atoms with E-state index in [1.807, 2.05) is 29.1 Å². The summed E-state index contributed by atoms with van der Waals surface area (Å²) in [6, 6.07) is 10.3. The molecule has 9 heteroatoms. The fourth-order valence-electron chi connectivity index (χ4n) is 5.24. The SMILES string of the molecule is CN1CCN(c2ccc3nc(-c4ccc(-c5cnn6c5OCCC6)c5c4C(=O)N=C5)[nH]c3c2)CC1. The number of likely N-dealkylation sites (N-methyl/N-ethyl adjacent to an activating group) is 1. The van der Waals surface area contributed by atoms with E-state index in [0.29, 0.717) is 18.0 Å². The molecule has 1 N–H and O–H groups in total. The Bertz CT molecular complexity index is 1510. The molecule has 0 spiro atoms. The van der Waals surface area contributed by atoms with Crippen molar-refractivity contribution in [2.45, 2.75) is 13.0 Å². The molecule has 3 aliphatic rings. The van der Waals surface area contributed by atoms with E-state index in [1.165, 1.54) is 5.69 Å². The lowest BCUT2D eigenvalue weighted by molar-refractivity contribution is 0.101. The molecule has 0 aliphatic carbocycles. The van der Waals surface area contributed by atoms with Gasteiger partial charge in [0.15, 0.2) is 0 Å². The van der Waals surface area contributed by atoms with Gasteiger partial charge in [0.1, 0.15) is 5.82 Å². The molecule has 5 heterocycles. The minimum Gasteiger partial charge on any atom is -0.477 e. The van der Waals surface area contributed by atoms with Crippen molar-refractivity contribution in [1.29, 1.82) is 0 Å². The van der Waals surface area contributed by atoms with Crippen molar-refractivity contribution in [3.05, 3.63) is 47.7 Å². The number of hydrogen-bond acceptors (Lipinski definition) is 6. The summed E-state index contributed by atoms with van der Waals surface area (Å²) in [5.41, 5.74) is 6.91. The van der Waals surface area contributed by atoms with E-state index < -0.39 is 0 Å². The Balaban J connectivity index is 1.29. The van der Waals surface area contributed by atoms with Crippen LogP contribution < -0.4 is 9.64 Å². The molecule has 2 aromatic heterocycles. The van der Waals surface area contributed by atoms with E-state index >= 15 is 0 Å². The molecule has 0 unspecified atom stereocenters. The number of nitrogens with one attached hydrogen (secondary N) is 1. The Kier molecular flexibility index (Phi) is 4.53. The molecule has 2 aromatic carbocycles. The molecule has 1 saturated heterocycles. The van der Waals surface area contributed by atoms with Crippen LogP contribution in [0.3, 0.4) is 0 Å². The van der Waals surface area contributed by atoms with Crippen LogP contribution in [0.25, 0.3) is 33.5 Å². The molecule has 1 fully saturated rings. The Morgan fingerprint density at radius 2 is 1.86 bits per heavy atom. The average molecular weight is 468 g/mol. The summed E-state index contributed by atoms with van der Waals surface area (Å²) in [4.78, 5) is 30.0. The molecule has 4 aromatic rings. The molecule has 3 aliphatic heterocycles. The number of rotatable bonds is 3. The second kappa shape index (κ2) is 7.78. The van der Waals surface area contributed by atoms with Crippen molar-refractivity contribution >= 4 is 28.8 Å². The van der Waals surface area contributed by atoms with E-state index in [9.17, 15) is 4.79 Å². The van der Waals surface area contributed by atoms with Crippen molar-refractivity contribution in [3.63, 3.8) is 0 Å². The van der Waals surface area contributed by atoms with Gasteiger partial charge in [0.05, 0.1) is 35.0 Å². The van der Waals surface area contributed by atoms with Crippen LogP contribution in [-0.2, 0) is 6.54 Å². The summed E-state index contributed by atoms with van der Waals surface area (Å²) in [5, 5.41) is 4.47. The number of aryl methyl sites for hydroxylation is 1. The number of fused-ring (bicyclic) bond motifs is 3. The van der Waals surface area contributed by atoms with Gasteiger partial charge < -0.3 is 19.5 Å². The van der Waals surface area contributed by atoms with Crippen LogP contribution in [0.5, 0.6) is 5.88 Å². The minimum atomic E-state index is -0.252. The first-order chi connectivity index (χ1) is 17.2. The number of ether oxygens (including phenoxy) is 1. The molecular formula is C26H25N7O2. The zero-order valence-corrected chi connectivity index (χ0v) is 19.5. The van der Waals surface area contributed by atoms with E-state index in [-0.39, 0.29) is 5.91 Å². The molecule has 7 rings (SSSR count). The summed E-state index contributed by atoms with van der Waals surface area (Å²) in [6.07, 6.45) is 4.40. The highest BCUT2D eigenvalue weighted by molar-refractivity contribution is 6.19. The monoisotopic (exact) mass is 467 g/mol. The number of piperazine rings is 1. The van der Waals surface area contributed by atoms with Crippen LogP contribution in [0.1, 0.15) is 22.3 Å². The quantitative estimate of drug-likeness (QED) is 0.498. The highest BCUT2D eigenvalue weighted by atomic mass is 16.5. The number of aromatic amines is 1. The maximum absolute atomic E-state index is 12.9. The Morgan fingerprint density at radius 3 is 2.74 bits per heavy atom. The average Bonchev–Trinajstić information content (AvgIpc) is 3.60. The van der Waals surface area contributed by atoms with Crippen LogP contribution in [0.4, 0.5) is 5.69 Å². The molecular weight excluding hydrogens is 442 g/mol. The van der Waals surface area contributed by atoms with E-state index in [4.69, 9.17) is 9.72 Å². The molecule has 9 nitrogen and oxygen atoms in total. The lowest BCUT2D eigenvalue weighted by atomic mass is 9.94. The van der Waals surface area contributed by atoms with E-state index in [2.05, 4.69) is 44.1 Å². The number of imidazole rings is 1. The summed E-state index contributed by atoms with van der Waals surface area (Å²) in [7, 11) is 2.16. The second-order valence-electron chi connectivity index (χ2n) is 9.38. The maximum Gasteiger partial charge on any atom is 0.278 e. The third-order valence-corrected chi connectivity index (χ3v) is 7.19. The van der Waals surface area contributed by atoms with E-state index in [1.54, 1.807) is 6.21 Å². The fraction of sp³-hybridized carbons (Fsp3) is 0.308. The first-order valence-corrected chi connectivity index (χ1v) is 12.0. The lowest BCUT2D eigenvalue weighted by Gasteiger charge is -2.34. The van der Waals surface area contributed by atoms with Gasteiger partial charge in [-0.25, -0.2) is 14.7 Å². The number of hydrogen-bond donors (Lipinski definition) is 1. The first kappa shape index (κ1) is 20.4. The predicted molar refractivity (Wildman–Crippen MR) is 134 cm³/mol. The van der Waals surface area contributed by atoms with Gasteiger partial charge in [0.25, 0.3) is 5.91 Å². The number of aromatic nitrogens is 4. The molecule has 0 bridgehead atoms. The summed E-state index contributed by atoms with van der Waals surface area (Å²) >= 11 is 0. The van der Waals surface area contributed by atoms with Crippen LogP contribution in [0.2, 0.25) is 0 Å². The van der Waals surface area contributed by atoms with Gasteiger partial charge in [-0.05, 0) is 36.9 Å². The van der Waals surface area contributed by atoms with Crippen molar-refractivity contribution in [2.24, 2.45) is 4.99 Å². The normalized spacial score (nSPS) is 17.6. The Morgan fingerprint density at radius 1 is 1.00 bits per heavy atom. The fourth-order valence-corrected chi connectivity index (χ4v) is 5.24. The largest absolute Gasteiger partial charge is 0.477 e. The van der Waals surface area contributed by atoms with Gasteiger partial charge in [0, 0.05) is 62.2 Å². The standard InChI is InChI=1S/C26H25N7O2/c1-31-8-10-32(11-9-31)16-3-6-21-22(13-16)30-24(29-21)18-5-4-17(19-14-27-25(34)23(18)19)20-15-28-33-7-2-12-35-26(20)33/h3-6,13-15H,2,7-12H2,1H3,(H,29,30). The van der Waals surface area contributed by atoms with Gasteiger partial charge in [-0.15, -0.1) is 0 Å². The van der Waals surface area contributed by atoms with Crippen LogP contribution in [0.15, 0.2) is 41.5 Å². The summed E-state index contributed by atoms with van der Waals surface area (Å²) in [5.74, 6) is 1.17. The number of carbonyl (C=O) groups excluding carboxylic acids is 1. The van der Waals surface area contributed by atoms with Gasteiger partial charge in [-0.3, -0.25) is 4.79 Å². The number of benzene rings is 2. The van der Waals surface area contributed by atoms with Crippen LogP contribution >= 0.6 is 0 Å². The molecule has 1 amide bonds. The third kappa shape index (κ3) is 3.26. The second-order valence-corrected chi connectivity index (χ2v) is 9.38. The van der Waals surface area contributed by atoms with Gasteiger partial charge in [0.2, 0.25) is 5.88 Å². The Hall–Kier alpha value is -3.98. The topological polar surface area (TPSA) is 91.6 Å². The number of amides is 1. The number of aliphatic imine (C=N–C) groups is 1. The smallest absolute Gasteiger partial charge is 0.278 e. The van der Waals surface area contributed by atoms with Crippen molar-refractivity contribution in [1.82, 2.24) is 24.6 Å². The number of anilines is 1. The van der Waals surface area contributed by atoms with Crippen molar-refractivity contribution < 1.29 is 9.53 Å². The summed E-state index contributed by atoms with van der Waals surface area (Å²) in [6.45, 7) is 5.62. The molecule has 176 valence electrons. The van der Waals surface area contributed by atoms with Gasteiger partial charge in [-0.1, -0.05) is 6.07 Å². The zero-order valence-electron chi connectivity index (χ0n) is 19.5. The van der Waals surface area contributed by atoms with Gasteiger partial charge in [-0.2, -0.15) is 5.10 Å². The number of H-pyrrole nitrogens is 1. The third-order valence-electron chi connectivity index (χ3n) is 7.19. The lowest BCUT2D eigenvalue weighted by Crippen LogP contribution is -2.44. The van der Waals surface area contributed by atoms with Gasteiger partial charge >= 0.3 is 0 Å². The first-order valence-electron chi connectivity index (χ1n) is 12.0. The molecule has 0 atom stereocenters. The molecule has 0 radical (unpaired) electrons. The van der Waals surface area contributed by atoms with Crippen LogP contribution in [-0.4, -0.2) is 76.6 Å². The number of carbonyl (C=O) groups is 1. The number of nitrogens with zero attached hydrogens (tertiary/aromatic N) is 6. The van der Waals surface area contributed by atoms with Crippen molar-refractivity contribution in [2.75, 3.05) is 44.7 Å². The minimum absolute atomic E-state index is 0.252.